The van der Waals surface area contributed by atoms with Crippen molar-refractivity contribution in [3.63, 3.8) is 0 Å². The molecule has 3 fully saturated rings. The molecule has 1 unspecified atom stereocenters. The first-order valence-electron chi connectivity index (χ1n) is 6.41. The van der Waals surface area contributed by atoms with Crippen LogP contribution in [0, 0.1) is 11.8 Å². The van der Waals surface area contributed by atoms with Gasteiger partial charge in [-0.3, -0.25) is 0 Å². The molecule has 3 saturated heterocycles. The van der Waals surface area contributed by atoms with Crippen LogP contribution in [0.25, 0.3) is 0 Å². The summed E-state index contributed by atoms with van der Waals surface area (Å²) < 4.78 is 4.92. The molecule has 0 aromatic carbocycles. The number of piperidine rings is 3. The highest BCUT2D eigenvalue weighted by atomic mass is 35.5. The lowest BCUT2D eigenvalue weighted by molar-refractivity contribution is -0.919. The van der Waals surface area contributed by atoms with Gasteiger partial charge in [0.2, 0.25) is 0 Å². The summed E-state index contributed by atoms with van der Waals surface area (Å²) in [7, 11) is 0. The van der Waals surface area contributed by atoms with Crippen LogP contribution in [0.2, 0.25) is 5.15 Å². The molecule has 4 heterocycles. The molecule has 0 radical (unpaired) electrons. The fourth-order valence-electron chi connectivity index (χ4n) is 2.93. The van der Waals surface area contributed by atoms with Gasteiger partial charge in [0.15, 0.2) is 17.5 Å². The Morgan fingerprint density at radius 2 is 2.39 bits per heavy atom. The normalized spacial score (nSPS) is 31.1. The second-order valence-corrected chi connectivity index (χ2v) is 5.49. The first kappa shape index (κ1) is 12.0. The number of fused-ring (bicyclic) bond motifs is 3. The molecule has 5 nitrogen and oxygen atoms in total. The molecule has 0 aliphatic carbocycles. The van der Waals surface area contributed by atoms with Crippen molar-refractivity contribution in [3.8, 4) is 0 Å². The lowest BCUT2D eigenvalue weighted by atomic mass is 9.80. The van der Waals surface area contributed by atoms with Crippen LogP contribution in [0.15, 0.2) is 15.7 Å². The van der Waals surface area contributed by atoms with E-state index in [4.69, 9.17) is 21.0 Å². The molecule has 1 N–H and O–H groups in total. The molecule has 1 aromatic heterocycles. The molecular formula is C12H17ClN3O2+. The van der Waals surface area contributed by atoms with Crippen LogP contribution in [-0.2, 0) is 11.4 Å². The number of halogens is 1. The van der Waals surface area contributed by atoms with Crippen molar-refractivity contribution in [1.29, 1.82) is 0 Å². The van der Waals surface area contributed by atoms with Crippen LogP contribution in [0.4, 0.5) is 0 Å². The summed E-state index contributed by atoms with van der Waals surface area (Å²) >= 11 is 5.64. The predicted octanol–water partition coefficient (Wildman–Crippen LogP) is 0.755. The fraction of sp³-hybridized carbons (Fsp3) is 0.667. The number of hydrogen-bond acceptors (Lipinski definition) is 4. The van der Waals surface area contributed by atoms with E-state index in [2.05, 4.69) is 10.3 Å². The van der Waals surface area contributed by atoms with Gasteiger partial charge < -0.3 is 14.3 Å². The summed E-state index contributed by atoms with van der Waals surface area (Å²) in [6, 6.07) is 1.63. The molecule has 1 atom stereocenters. The molecule has 0 saturated carbocycles. The van der Waals surface area contributed by atoms with Gasteiger partial charge in [-0.25, -0.2) is 0 Å². The lowest BCUT2D eigenvalue weighted by Gasteiger charge is -2.40. The highest BCUT2D eigenvalue weighted by molar-refractivity contribution is 6.29. The number of nitrogens with one attached hydrogen (secondary N) is 1. The van der Waals surface area contributed by atoms with E-state index in [0.29, 0.717) is 16.8 Å². The van der Waals surface area contributed by atoms with Crippen LogP contribution in [0.5, 0.6) is 0 Å². The van der Waals surface area contributed by atoms with Crippen molar-refractivity contribution in [2.24, 2.45) is 17.0 Å². The number of hydrogen-bond donors (Lipinski definition) is 1. The molecule has 0 amide bonds. The van der Waals surface area contributed by atoms with Gasteiger partial charge in [-0.1, -0.05) is 21.9 Å². The predicted molar refractivity (Wildman–Crippen MR) is 66.6 cm³/mol. The maximum atomic E-state index is 5.64. The Morgan fingerprint density at radius 3 is 3.00 bits per heavy atom. The molecule has 0 spiro atoms. The van der Waals surface area contributed by atoms with E-state index in [0.717, 1.165) is 5.92 Å². The Bertz CT molecular complexity index is 427. The SMILES string of the molecule is Clc1cc(CO/N=C/C2C[NH+]3CCC2CC3)on1. The van der Waals surface area contributed by atoms with Gasteiger partial charge >= 0.3 is 0 Å². The summed E-state index contributed by atoms with van der Waals surface area (Å²) in [5, 5.41) is 7.97. The van der Waals surface area contributed by atoms with Gasteiger partial charge in [0, 0.05) is 18.9 Å². The molecule has 3 aliphatic rings. The average molecular weight is 271 g/mol. The zero-order valence-electron chi connectivity index (χ0n) is 10.1. The van der Waals surface area contributed by atoms with Crippen LogP contribution in [0.3, 0.4) is 0 Å². The summed E-state index contributed by atoms with van der Waals surface area (Å²) in [6.07, 6.45) is 4.61. The summed E-state index contributed by atoms with van der Waals surface area (Å²) in [6.45, 7) is 4.13. The standard InChI is InChI=1S/C12H16ClN3O2/c13-12-5-11(18-15-12)8-17-14-6-10-7-16-3-1-9(10)2-4-16/h5-6,9-10H,1-4,7-8H2/p+1/b14-6+. The third-order valence-corrected chi connectivity index (χ3v) is 4.11. The van der Waals surface area contributed by atoms with Crippen molar-refractivity contribution >= 4 is 17.8 Å². The Morgan fingerprint density at radius 1 is 1.56 bits per heavy atom. The van der Waals surface area contributed by atoms with Crippen molar-refractivity contribution < 1.29 is 14.3 Å². The van der Waals surface area contributed by atoms with E-state index in [-0.39, 0.29) is 6.61 Å². The first-order chi connectivity index (χ1) is 8.81. The number of oxime groups is 1. The number of aromatic nitrogens is 1. The second kappa shape index (κ2) is 5.28. The van der Waals surface area contributed by atoms with Crippen molar-refractivity contribution in [3.05, 3.63) is 17.0 Å². The third kappa shape index (κ3) is 2.67. The molecular weight excluding hydrogens is 254 g/mol. The van der Waals surface area contributed by atoms with Crippen LogP contribution in [0.1, 0.15) is 18.6 Å². The molecule has 18 heavy (non-hydrogen) atoms. The van der Waals surface area contributed by atoms with Gasteiger partial charge in [0.1, 0.15) is 0 Å². The maximum Gasteiger partial charge on any atom is 0.178 e. The van der Waals surface area contributed by atoms with Gasteiger partial charge in [0.05, 0.1) is 31.8 Å². The Labute approximate surface area is 111 Å². The second-order valence-electron chi connectivity index (χ2n) is 5.10. The fourth-order valence-corrected chi connectivity index (χ4v) is 3.09. The molecule has 4 rings (SSSR count). The van der Waals surface area contributed by atoms with Crippen molar-refractivity contribution in [1.82, 2.24) is 5.16 Å². The average Bonchev–Trinajstić information content (AvgIpc) is 2.82. The van der Waals surface area contributed by atoms with Gasteiger partial charge in [-0.2, -0.15) is 0 Å². The topological polar surface area (TPSA) is 52.1 Å². The van der Waals surface area contributed by atoms with Crippen LogP contribution < -0.4 is 4.90 Å². The Hall–Kier alpha value is -1.07. The highest BCUT2D eigenvalue weighted by Gasteiger charge is 2.36. The van der Waals surface area contributed by atoms with E-state index < -0.39 is 0 Å². The largest absolute Gasteiger partial charge is 0.388 e. The number of rotatable bonds is 4. The zero-order chi connectivity index (χ0) is 12.4. The van der Waals surface area contributed by atoms with Crippen LogP contribution in [-0.4, -0.2) is 31.0 Å². The molecule has 6 heteroatoms. The summed E-state index contributed by atoms with van der Waals surface area (Å²) in [5.74, 6) is 1.96. The van der Waals surface area contributed by atoms with Crippen molar-refractivity contribution in [2.45, 2.75) is 19.4 Å². The monoisotopic (exact) mass is 270 g/mol. The molecule has 98 valence electrons. The van der Waals surface area contributed by atoms with Crippen molar-refractivity contribution in [2.75, 3.05) is 19.6 Å². The minimum Gasteiger partial charge on any atom is -0.388 e. The summed E-state index contributed by atoms with van der Waals surface area (Å²) in [4.78, 5) is 6.92. The van der Waals surface area contributed by atoms with Gasteiger partial charge in [0.25, 0.3) is 0 Å². The lowest BCUT2D eigenvalue weighted by Crippen LogP contribution is -3.15. The smallest absolute Gasteiger partial charge is 0.178 e. The van der Waals surface area contributed by atoms with Gasteiger partial charge in [-0.05, 0) is 5.92 Å². The maximum absolute atomic E-state index is 5.64. The molecule has 3 aliphatic heterocycles. The summed E-state index contributed by atoms with van der Waals surface area (Å²) in [5.41, 5.74) is 0. The minimum atomic E-state index is 0.282. The Kier molecular flexibility index (Phi) is 3.52. The zero-order valence-corrected chi connectivity index (χ0v) is 10.9. The molecule has 2 bridgehead atoms. The first-order valence-corrected chi connectivity index (χ1v) is 6.79. The van der Waals surface area contributed by atoms with E-state index in [1.54, 1.807) is 11.0 Å². The minimum absolute atomic E-state index is 0.282. The quantitative estimate of drug-likeness (QED) is 0.649. The van der Waals surface area contributed by atoms with Gasteiger partial charge in [-0.15, -0.1) is 0 Å². The Balaban J connectivity index is 1.46. The van der Waals surface area contributed by atoms with E-state index in [1.165, 1.54) is 32.5 Å². The van der Waals surface area contributed by atoms with E-state index in [1.807, 2.05) is 6.21 Å². The number of nitrogens with zero attached hydrogens (tertiary/aromatic N) is 2. The molecule has 1 aromatic rings. The number of quaternary nitrogens is 1. The third-order valence-electron chi connectivity index (χ3n) is 3.93. The van der Waals surface area contributed by atoms with E-state index >= 15 is 0 Å². The van der Waals surface area contributed by atoms with Crippen LogP contribution >= 0.6 is 11.6 Å². The highest BCUT2D eigenvalue weighted by Crippen LogP contribution is 2.22. The van der Waals surface area contributed by atoms with E-state index in [9.17, 15) is 0 Å².